The molecule has 2 aromatic carbocycles. The fourth-order valence-electron chi connectivity index (χ4n) is 2.68. The highest BCUT2D eigenvalue weighted by atomic mass is 32.2. The molecule has 0 radical (unpaired) electrons. The van der Waals surface area contributed by atoms with Crippen LogP contribution in [0.3, 0.4) is 0 Å². The molecule has 1 heterocycles. The van der Waals surface area contributed by atoms with Gasteiger partial charge in [-0.15, -0.1) is 0 Å². The van der Waals surface area contributed by atoms with Crippen LogP contribution < -0.4 is 14.8 Å². The third-order valence-corrected chi connectivity index (χ3v) is 5.81. The molecule has 0 aliphatic heterocycles. The number of carbonyl (C=O) groups is 1. The maximum Gasteiger partial charge on any atom is 0.417 e. The van der Waals surface area contributed by atoms with Crippen molar-refractivity contribution in [2.24, 2.45) is 0 Å². The molecule has 0 spiro atoms. The van der Waals surface area contributed by atoms with Crippen LogP contribution in [0.15, 0.2) is 78.0 Å². The Morgan fingerprint density at radius 3 is 2.19 bits per heavy atom. The number of hydrogen-bond acceptors (Lipinski definition) is 5. The van der Waals surface area contributed by atoms with Crippen LogP contribution in [0.5, 0.6) is 11.5 Å². The van der Waals surface area contributed by atoms with E-state index in [1.807, 2.05) is 4.72 Å². The average Bonchev–Trinajstić information content (AvgIpc) is 2.75. The first kappa shape index (κ1) is 23.2. The van der Waals surface area contributed by atoms with E-state index < -0.39 is 38.6 Å². The van der Waals surface area contributed by atoms with Gasteiger partial charge in [-0.2, -0.15) is 17.9 Å². The highest BCUT2D eigenvalue weighted by Crippen LogP contribution is 2.34. The number of hydrogen-bond donors (Lipinski definition) is 2. The zero-order chi connectivity index (χ0) is 23.4. The van der Waals surface area contributed by atoms with Crippen LogP contribution in [0.4, 0.5) is 18.9 Å². The quantitative estimate of drug-likeness (QED) is 0.545. The molecule has 11 heteroatoms. The maximum absolute atomic E-state index is 13.1. The normalized spacial score (nSPS) is 12.8. The average molecular weight is 465 g/mol. The van der Waals surface area contributed by atoms with Gasteiger partial charge in [0, 0.05) is 18.1 Å². The minimum absolute atomic E-state index is 0.346. The van der Waals surface area contributed by atoms with Gasteiger partial charge in [0.1, 0.15) is 11.5 Å². The lowest BCUT2D eigenvalue weighted by molar-refractivity contribution is -0.139. The summed E-state index contributed by atoms with van der Waals surface area (Å²) in [4.78, 5) is 15.3. The molecule has 0 unspecified atom stereocenters. The zero-order valence-electron chi connectivity index (χ0n) is 16.6. The lowest BCUT2D eigenvalue weighted by Crippen LogP contribution is -2.42. The van der Waals surface area contributed by atoms with Gasteiger partial charge in [-0.1, -0.05) is 12.1 Å². The molecule has 168 valence electrons. The largest absolute Gasteiger partial charge is 0.457 e. The molecular weight excluding hydrogens is 447 g/mol. The lowest BCUT2D eigenvalue weighted by Gasteiger charge is -2.17. The number of sulfonamides is 1. The Bertz CT molecular complexity index is 1180. The van der Waals surface area contributed by atoms with Crippen LogP contribution in [0.1, 0.15) is 12.5 Å². The zero-order valence-corrected chi connectivity index (χ0v) is 17.4. The summed E-state index contributed by atoms with van der Waals surface area (Å²) in [7, 11) is -4.61. The van der Waals surface area contributed by atoms with E-state index in [0.29, 0.717) is 23.3 Å². The van der Waals surface area contributed by atoms with Crippen LogP contribution in [-0.2, 0) is 21.0 Å². The van der Waals surface area contributed by atoms with Crippen LogP contribution >= 0.6 is 0 Å². The predicted molar refractivity (Wildman–Crippen MR) is 111 cm³/mol. The minimum Gasteiger partial charge on any atom is -0.457 e. The van der Waals surface area contributed by atoms with Crippen LogP contribution in [-0.4, -0.2) is 25.4 Å². The molecule has 1 amide bonds. The number of aromatic nitrogens is 1. The van der Waals surface area contributed by atoms with E-state index in [9.17, 15) is 26.4 Å². The molecule has 0 saturated heterocycles. The lowest BCUT2D eigenvalue weighted by atomic mass is 10.2. The number of amides is 1. The van der Waals surface area contributed by atoms with Gasteiger partial charge in [0.25, 0.3) is 0 Å². The van der Waals surface area contributed by atoms with Gasteiger partial charge < -0.3 is 10.1 Å². The van der Waals surface area contributed by atoms with Gasteiger partial charge in [-0.3, -0.25) is 9.78 Å². The molecule has 0 bridgehead atoms. The number of ether oxygens (including phenoxy) is 1. The maximum atomic E-state index is 13.1. The smallest absolute Gasteiger partial charge is 0.417 e. The van der Waals surface area contributed by atoms with Crippen molar-refractivity contribution < 1.29 is 31.1 Å². The summed E-state index contributed by atoms with van der Waals surface area (Å²) < 4.78 is 72.0. The summed E-state index contributed by atoms with van der Waals surface area (Å²) in [6, 6.07) is 12.0. The third kappa shape index (κ3) is 5.83. The molecular formula is C21H18F3N3O4S. The number of rotatable bonds is 7. The van der Waals surface area contributed by atoms with E-state index in [1.165, 1.54) is 25.1 Å². The Balaban J connectivity index is 1.66. The molecule has 32 heavy (non-hydrogen) atoms. The van der Waals surface area contributed by atoms with Crippen molar-refractivity contribution in [1.29, 1.82) is 0 Å². The summed E-state index contributed by atoms with van der Waals surface area (Å²) in [6.45, 7) is 1.23. The van der Waals surface area contributed by atoms with Crippen molar-refractivity contribution in [3.63, 3.8) is 0 Å². The summed E-state index contributed by atoms with van der Waals surface area (Å²) in [5, 5.41) is 2.50. The minimum atomic E-state index is -4.86. The summed E-state index contributed by atoms with van der Waals surface area (Å²) >= 11 is 0. The fourth-order valence-corrected chi connectivity index (χ4v) is 4.11. The van der Waals surface area contributed by atoms with Gasteiger partial charge in [-0.25, -0.2) is 8.42 Å². The highest BCUT2D eigenvalue weighted by molar-refractivity contribution is 7.89. The summed E-state index contributed by atoms with van der Waals surface area (Å²) in [5.41, 5.74) is -0.969. The second-order valence-electron chi connectivity index (χ2n) is 6.64. The van der Waals surface area contributed by atoms with Crippen molar-refractivity contribution in [1.82, 2.24) is 9.71 Å². The van der Waals surface area contributed by atoms with E-state index in [-0.39, 0.29) is 0 Å². The van der Waals surface area contributed by atoms with Crippen molar-refractivity contribution in [2.45, 2.75) is 24.0 Å². The van der Waals surface area contributed by atoms with E-state index in [4.69, 9.17) is 4.74 Å². The van der Waals surface area contributed by atoms with Crippen molar-refractivity contribution in [2.75, 3.05) is 5.32 Å². The number of nitrogens with one attached hydrogen (secondary N) is 2. The number of pyridine rings is 1. The molecule has 0 aliphatic rings. The third-order valence-electron chi connectivity index (χ3n) is 4.21. The number of nitrogens with zero attached hydrogens (tertiary/aromatic N) is 1. The topological polar surface area (TPSA) is 97.4 Å². The number of benzene rings is 2. The Morgan fingerprint density at radius 1 is 0.969 bits per heavy atom. The van der Waals surface area contributed by atoms with Crippen molar-refractivity contribution in [3.8, 4) is 11.5 Å². The highest BCUT2D eigenvalue weighted by Gasteiger charge is 2.37. The molecule has 3 rings (SSSR count). The Hall–Kier alpha value is -3.44. The Kier molecular flexibility index (Phi) is 6.80. The number of halogens is 3. The standard InChI is InChI=1S/C21H18F3N3O4S/c1-14(27-32(29,30)19-5-3-2-4-18(19)21(22,23)24)20(28)26-15-6-8-16(9-7-15)31-17-10-12-25-13-11-17/h2-14,27H,1H3,(H,26,28)/t14-/m0/s1. The van der Waals surface area contributed by atoms with Crippen LogP contribution in [0.2, 0.25) is 0 Å². The molecule has 0 saturated carbocycles. The first-order chi connectivity index (χ1) is 15.1. The predicted octanol–water partition coefficient (Wildman–Crippen LogP) is 4.20. The SMILES string of the molecule is C[C@H](NS(=O)(=O)c1ccccc1C(F)(F)F)C(=O)Nc1ccc(Oc2ccncc2)cc1. The molecule has 3 aromatic rings. The number of carbonyl (C=O) groups excluding carboxylic acids is 1. The van der Waals surface area contributed by atoms with Crippen LogP contribution in [0, 0.1) is 0 Å². The molecule has 1 atom stereocenters. The second-order valence-corrected chi connectivity index (χ2v) is 8.32. The van der Waals surface area contributed by atoms with Crippen molar-refractivity contribution >= 4 is 21.6 Å². The van der Waals surface area contributed by atoms with E-state index in [2.05, 4.69) is 10.3 Å². The summed E-state index contributed by atoms with van der Waals surface area (Å²) in [6.07, 6.45) is -1.73. The van der Waals surface area contributed by atoms with E-state index in [1.54, 1.807) is 36.7 Å². The van der Waals surface area contributed by atoms with E-state index >= 15 is 0 Å². The molecule has 0 aliphatic carbocycles. The summed E-state index contributed by atoms with van der Waals surface area (Å²) in [5.74, 6) is 0.312. The second kappa shape index (κ2) is 9.37. The van der Waals surface area contributed by atoms with Gasteiger partial charge >= 0.3 is 6.18 Å². The number of alkyl halides is 3. The fraction of sp³-hybridized carbons (Fsp3) is 0.143. The van der Waals surface area contributed by atoms with Gasteiger partial charge in [0.15, 0.2) is 0 Å². The Labute approximate surface area is 182 Å². The number of anilines is 1. The molecule has 0 fully saturated rings. The first-order valence-electron chi connectivity index (χ1n) is 9.23. The van der Waals surface area contributed by atoms with Gasteiger partial charge in [-0.05, 0) is 55.5 Å². The van der Waals surface area contributed by atoms with Gasteiger partial charge in [0.05, 0.1) is 16.5 Å². The van der Waals surface area contributed by atoms with Gasteiger partial charge in [0.2, 0.25) is 15.9 Å². The molecule has 7 nitrogen and oxygen atoms in total. The molecule has 2 N–H and O–H groups in total. The van der Waals surface area contributed by atoms with Crippen molar-refractivity contribution in [3.05, 3.63) is 78.6 Å². The first-order valence-corrected chi connectivity index (χ1v) is 10.7. The van der Waals surface area contributed by atoms with E-state index in [0.717, 1.165) is 12.1 Å². The van der Waals surface area contributed by atoms with Crippen LogP contribution in [0.25, 0.3) is 0 Å². The molecule has 1 aromatic heterocycles. The monoisotopic (exact) mass is 465 g/mol. The Morgan fingerprint density at radius 2 is 1.56 bits per heavy atom.